The van der Waals surface area contributed by atoms with Crippen LogP contribution in [0.25, 0.3) is 33.0 Å². The zero-order valence-corrected chi connectivity index (χ0v) is 20.5. The summed E-state index contributed by atoms with van der Waals surface area (Å²) in [5.41, 5.74) is 8.28. The van der Waals surface area contributed by atoms with Crippen LogP contribution in [0.2, 0.25) is 0 Å². The van der Waals surface area contributed by atoms with E-state index in [4.69, 9.17) is 4.74 Å². The summed E-state index contributed by atoms with van der Waals surface area (Å²) in [6, 6.07) is 47.8. The molecule has 178 valence electrons. The van der Waals surface area contributed by atoms with Crippen molar-refractivity contribution < 1.29 is 4.74 Å². The van der Waals surface area contributed by atoms with Crippen LogP contribution in [-0.2, 0) is 0 Å². The van der Waals surface area contributed by atoms with Gasteiger partial charge < -0.3 is 9.64 Å². The van der Waals surface area contributed by atoms with Gasteiger partial charge in [-0.2, -0.15) is 5.26 Å². The number of anilines is 3. The normalized spacial score (nSPS) is 11.3. The van der Waals surface area contributed by atoms with Gasteiger partial charge in [-0.15, -0.1) is 0 Å². The lowest BCUT2D eigenvalue weighted by molar-refractivity contribution is 0.487. The number of hydrogen-bond acceptors (Lipinski definition) is 3. The van der Waals surface area contributed by atoms with Gasteiger partial charge in [0, 0.05) is 28.0 Å². The molecule has 6 aromatic carbocycles. The Bertz CT molecular complexity index is 1830. The lowest BCUT2D eigenvalue weighted by Gasteiger charge is -2.25. The minimum absolute atomic E-state index is 0.644. The predicted molar refractivity (Wildman–Crippen MR) is 154 cm³/mol. The van der Waals surface area contributed by atoms with Gasteiger partial charge in [0.1, 0.15) is 11.5 Å². The van der Waals surface area contributed by atoms with Crippen molar-refractivity contribution in [3.63, 3.8) is 0 Å². The zero-order valence-electron chi connectivity index (χ0n) is 20.5. The smallest absolute Gasteiger partial charge is 0.135 e. The van der Waals surface area contributed by atoms with Crippen LogP contribution >= 0.6 is 0 Å². The molecular weight excluding hydrogens is 464 g/mol. The molecular formula is C35H22N2O. The highest BCUT2D eigenvalue weighted by molar-refractivity contribution is 6.04. The average molecular weight is 487 g/mol. The Balaban J connectivity index is 1.26. The van der Waals surface area contributed by atoms with Gasteiger partial charge in [-0.05, 0) is 88.8 Å². The first-order chi connectivity index (χ1) is 18.8. The van der Waals surface area contributed by atoms with Crippen molar-refractivity contribution >= 4 is 27.8 Å². The van der Waals surface area contributed by atoms with Gasteiger partial charge in [0.2, 0.25) is 0 Å². The molecule has 38 heavy (non-hydrogen) atoms. The molecule has 1 aliphatic rings. The summed E-state index contributed by atoms with van der Waals surface area (Å²) in [5, 5.41) is 11.6. The Kier molecular flexibility index (Phi) is 5.17. The molecule has 0 saturated heterocycles. The number of benzene rings is 6. The van der Waals surface area contributed by atoms with E-state index in [9.17, 15) is 5.26 Å². The number of rotatable bonds is 4. The van der Waals surface area contributed by atoms with Gasteiger partial charge in [0.05, 0.1) is 11.6 Å². The van der Waals surface area contributed by atoms with Gasteiger partial charge in [-0.1, -0.05) is 66.7 Å². The van der Waals surface area contributed by atoms with E-state index in [2.05, 4.69) is 89.8 Å². The SMILES string of the molecule is N#Cc1ccc(N(c2ccccc2)c2ccc(-c3ccc4c(c3)Oc3cccc5cccc-4c35)cc2)cc1. The molecule has 0 aromatic heterocycles. The maximum atomic E-state index is 9.23. The topological polar surface area (TPSA) is 36.3 Å². The molecule has 3 nitrogen and oxygen atoms in total. The highest BCUT2D eigenvalue weighted by Gasteiger charge is 2.20. The van der Waals surface area contributed by atoms with E-state index in [-0.39, 0.29) is 0 Å². The van der Waals surface area contributed by atoms with Crippen LogP contribution < -0.4 is 9.64 Å². The van der Waals surface area contributed by atoms with Gasteiger partial charge >= 0.3 is 0 Å². The lowest BCUT2D eigenvalue weighted by atomic mass is 9.93. The Morgan fingerprint density at radius 3 is 1.92 bits per heavy atom. The summed E-state index contributed by atoms with van der Waals surface area (Å²) < 4.78 is 6.38. The molecule has 0 saturated carbocycles. The first-order valence-corrected chi connectivity index (χ1v) is 12.6. The van der Waals surface area contributed by atoms with Crippen molar-refractivity contribution in [1.29, 1.82) is 5.26 Å². The molecule has 7 rings (SSSR count). The molecule has 1 heterocycles. The van der Waals surface area contributed by atoms with Gasteiger partial charge in [0.15, 0.2) is 0 Å². The van der Waals surface area contributed by atoms with Crippen molar-refractivity contribution in [3.05, 3.63) is 139 Å². The van der Waals surface area contributed by atoms with E-state index in [0.29, 0.717) is 5.56 Å². The van der Waals surface area contributed by atoms with Crippen molar-refractivity contribution in [2.24, 2.45) is 0 Å². The van der Waals surface area contributed by atoms with E-state index < -0.39 is 0 Å². The highest BCUT2D eigenvalue weighted by atomic mass is 16.5. The number of nitrogens with zero attached hydrogens (tertiary/aromatic N) is 2. The molecule has 0 atom stereocenters. The fourth-order valence-corrected chi connectivity index (χ4v) is 5.26. The molecule has 6 aromatic rings. The summed E-state index contributed by atoms with van der Waals surface area (Å²) in [6.45, 7) is 0. The molecule has 0 amide bonds. The summed E-state index contributed by atoms with van der Waals surface area (Å²) in [6.07, 6.45) is 0. The molecule has 0 radical (unpaired) electrons. The number of nitriles is 1. The number of hydrogen-bond donors (Lipinski definition) is 0. The molecule has 0 unspecified atom stereocenters. The van der Waals surface area contributed by atoms with Crippen molar-refractivity contribution in [3.8, 4) is 39.8 Å². The van der Waals surface area contributed by atoms with Gasteiger partial charge in [-0.3, -0.25) is 0 Å². The van der Waals surface area contributed by atoms with Crippen LogP contribution in [0, 0.1) is 11.3 Å². The summed E-state index contributed by atoms with van der Waals surface area (Å²) in [7, 11) is 0. The standard InChI is InChI=1S/C35H22N2O/c36-23-24-12-17-29(18-13-24)37(28-8-2-1-3-9-28)30-19-14-25(15-20-30)27-16-21-31-32-10-4-6-26-7-5-11-33(35(26)32)38-34(31)22-27/h1-22H. The molecule has 1 aliphatic heterocycles. The Morgan fingerprint density at radius 1 is 0.526 bits per heavy atom. The number of para-hydroxylation sites is 1. The fraction of sp³-hybridized carbons (Fsp3) is 0. The highest BCUT2D eigenvalue weighted by Crippen LogP contribution is 2.47. The second kappa shape index (κ2) is 8.96. The first-order valence-electron chi connectivity index (χ1n) is 12.6. The van der Waals surface area contributed by atoms with Crippen LogP contribution in [-0.4, -0.2) is 0 Å². The molecule has 0 fully saturated rings. The van der Waals surface area contributed by atoms with E-state index in [1.54, 1.807) is 0 Å². The maximum Gasteiger partial charge on any atom is 0.135 e. The number of ether oxygens (including phenoxy) is 1. The van der Waals surface area contributed by atoms with Gasteiger partial charge in [-0.25, -0.2) is 0 Å². The zero-order chi connectivity index (χ0) is 25.5. The Labute approximate surface area is 221 Å². The summed E-state index contributed by atoms with van der Waals surface area (Å²) in [5.74, 6) is 1.78. The molecule has 0 bridgehead atoms. The third kappa shape index (κ3) is 3.68. The van der Waals surface area contributed by atoms with Crippen LogP contribution in [0.15, 0.2) is 133 Å². The monoisotopic (exact) mass is 486 g/mol. The lowest BCUT2D eigenvalue weighted by Crippen LogP contribution is -2.09. The number of fused-ring (bicyclic) bond motifs is 2. The first kappa shape index (κ1) is 21.9. The second-order valence-electron chi connectivity index (χ2n) is 9.35. The quantitative estimate of drug-likeness (QED) is 0.248. The molecule has 0 spiro atoms. The van der Waals surface area contributed by atoms with E-state index >= 15 is 0 Å². The van der Waals surface area contributed by atoms with Gasteiger partial charge in [0.25, 0.3) is 0 Å². The maximum absolute atomic E-state index is 9.23. The second-order valence-corrected chi connectivity index (χ2v) is 9.35. The molecule has 0 aliphatic carbocycles. The summed E-state index contributed by atoms with van der Waals surface area (Å²) in [4.78, 5) is 2.19. The minimum Gasteiger partial charge on any atom is -0.456 e. The van der Waals surface area contributed by atoms with E-state index in [1.807, 2.05) is 54.6 Å². The minimum atomic E-state index is 0.644. The fourth-order valence-electron chi connectivity index (χ4n) is 5.26. The van der Waals surface area contributed by atoms with Crippen molar-refractivity contribution in [2.45, 2.75) is 0 Å². The van der Waals surface area contributed by atoms with E-state index in [0.717, 1.165) is 45.3 Å². The third-order valence-electron chi connectivity index (χ3n) is 7.09. The Morgan fingerprint density at radius 2 is 1.18 bits per heavy atom. The van der Waals surface area contributed by atoms with Crippen LogP contribution in [0.1, 0.15) is 5.56 Å². The molecule has 0 N–H and O–H groups in total. The van der Waals surface area contributed by atoms with Crippen LogP contribution in [0.3, 0.4) is 0 Å². The van der Waals surface area contributed by atoms with Crippen molar-refractivity contribution in [1.82, 2.24) is 0 Å². The van der Waals surface area contributed by atoms with Crippen LogP contribution in [0.4, 0.5) is 17.1 Å². The Hall–Kier alpha value is -5.33. The predicted octanol–water partition coefficient (Wildman–Crippen LogP) is 9.62. The van der Waals surface area contributed by atoms with Crippen LogP contribution in [0.5, 0.6) is 11.5 Å². The molecule has 3 heteroatoms. The average Bonchev–Trinajstić information content (AvgIpc) is 2.99. The third-order valence-corrected chi connectivity index (χ3v) is 7.09. The largest absolute Gasteiger partial charge is 0.456 e. The van der Waals surface area contributed by atoms with E-state index in [1.165, 1.54) is 16.3 Å². The van der Waals surface area contributed by atoms with Crippen molar-refractivity contribution in [2.75, 3.05) is 4.90 Å². The summed E-state index contributed by atoms with van der Waals surface area (Å²) >= 11 is 0.